The average Bonchev–Trinajstić information content (AvgIpc) is 2.80. The monoisotopic (exact) mass is 316 g/mol. The quantitative estimate of drug-likeness (QED) is 0.912. The zero-order valence-corrected chi connectivity index (χ0v) is 12.3. The van der Waals surface area contributed by atoms with E-state index in [0.29, 0.717) is 16.3 Å². The third-order valence-electron chi connectivity index (χ3n) is 2.96. The van der Waals surface area contributed by atoms with Crippen molar-refractivity contribution < 1.29 is 18.6 Å². The minimum Gasteiger partial charge on any atom is -0.435 e. The number of nitrogens with zero attached hydrogens (tertiary/aromatic N) is 2. The molecule has 4 nitrogen and oxygen atoms in total. The van der Waals surface area contributed by atoms with Crippen LogP contribution in [0.5, 0.6) is 5.75 Å². The largest absolute Gasteiger partial charge is 0.435 e. The van der Waals surface area contributed by atoms with Crippen LogP contribution >= 0.6 is 11.6 Å². The van der Waals surface area contributed by atoms with E-state index in [9.17, 15) is 13.9 Å². The molecule has 0 saturated carbocycles. The summed E-state index contributed by atoms with van der Waals surface area (Å²) in [7, 11) is 0. The van der Waals surface area contributed by atoms with E-state index in [4.69, 9.17) is 11.6 Å². The summed E-state index contributed by atoms with van der Waals surface area (Å²) in [6.07, 6.45) is 0.469. The summed E-state index contributed by atoms with van der Waals surface area (Å²) < 4.78 is 30.1. The Labute approximate surface area is 125 Å². The second-order valence-electron chi connectivity index (χ2n) is 4.77. The van der Waals surface area contributed by atoms with Crippen molar-refractivity contribution in [2.24, 2.45) is 0 Å². The first-order valence-corrected chi connectivity index (χ1v) is 6.73. The Balaban J connectivity index is 2.28. The van der Waals surface area contributed by atoms with E-state index in [-0.39, 0.29) is 11.8 Å². The van der Waals surface area contributed by atoms with Gasteiger partial charge in [-0.2, -0.15) is 13.9 Å². The molecule has 2 aromatic rings. The Morgan fingerprint density at radius 3 is 2.38 bits per heavy atom. The van der Waals surface area contributed by atoms with Crippen LogP contribution < -0.4 is 4.74 Å². The van der Waals surface area contributed by atoms with Gasteiger partial charge in [-0.1, -0.05) is 23.7 Å². The highest BCUT2D eigenvalue weighted by Crippen LogP contribution is 2.31. The van der Waals surface area contributed by atoms with E-state index < -0.39 is 12.7 Å². The SMILES string of the molecule is CC(C)n1ncc(Cl)c1C(O)c1ccc(OC(F)F)cc1. The van der Waals surface area contributed by atoms with Crippen LogP contribution in [0.3, 0.4) is 0 Å². The maximum atomic E-state index is 12.1. The third-order valence-corrected chi connectivity index (χ3v) is 3.25. The number of aliphatic hydroxyl groups excluding tert-OH is 1. The second-order valence-corrected chi connectivity index (χ2v) is 5.17. The van der Waals surface area contributed by atoms with Crippen molar-refractivity contribution in [3.63, 3.8) is 0 Å². The van der Waals surface area contributed by atoms with Gasteiger partial charge in [0, 0.05) is 6.04 Å². The minimum absolute atomic E-state index is 0.0311. The molecule has 0 fully saturated rings. The van der Waals surface area contributed by atoms with Crippen molar-refractivity contribution in [2.45, 2.75) is 32.6 Å². The van der Waals surface area contributed by atoms with Crippen LogP contribution in [0.4, 0.5) is 8.78 Å². The smallest absolute Gasteiger partial charge is 0.387 e. The molecule has 1 atom stereocenters. The lowest BCUT2D eigenvalue weighted by molar-refractivity contribution is -0.0498. The molecular weight excluding hydrogens is 302 g/mol. The molecule has 0 aliphatic carbocycles. The summed E-state index contributed by atoms with van der Waals surface area (Å²) in [4.78, 5) is 0. The fraction of sp³-hybridized carbons (Fsp3) is 0.357. The van der Waals surface area contributed by atoms with Gasteiger partial charge in [0.1, 0.15) is 11.9 Å². The van der Waals surface area contributed by atoms with E-state index >= 15 is 0 Å². The van der Waals surface area contributed by atoms with Gasteiger partial charge in [0.15, 0.2) is 0 Å². The lowest BCUT2D eigenvalue weighted by atomic mass is 10.1. The van der Waals surface area contributed by atoms with Gasteiger partial charge < -0.3 is 9.84 Å². The van der Waals surface area contributed by atoms with Crippen LogP contribution in [-0.2, 0) is 0 Å². The summed E-state index contributed by atoms with van der Waals surface area (Å²) in [5.41, 5.74) is 0.982. The summed E-state index contributed by atoms with van der Waals surface area (Å²) in [5, 5.41) is 14.9. The Hall–Kier alpha value is -1.66. The van der Waals surface area contributed by atoms with E-state index in [1.54, 1.807) is 4.68 Å². The van der Waals surface area contributed by atoms with Gasteiger partial charge in [0.05, 0.1) is 16.9 Å². The molecule has 114 valence electrons. The van der Waals surface area contributed by atoms with Crippen LogP contribution in [-0.4, -0.2) is 21.5 Å². The maximum absolute atomic E-state index is 12.1. The molecule has 2 rings (SSSR count). The van der Waals surface area contributed by atoms with Gasteiger partial charge in [-0.05, 0) is 31.5 Å². The van der Waals surface area contributed by atoms with Crippen LogP contribution in [0.15, 0.2) is 30.5 Å². The van der Waals surface area contributed by atoms with Crippen molar-refractivity contribution in [1.82, 2.24) is 9.78 Å². The molecule has 21 heavy (non-hydrogen) atoms. The normalized spacial score (nSPS) is 13.0. The number of aliphatic hydroxyl groups is 1. The molecule has 0 radical (unpaired) electrons. The van der Waals surface area contributed by atoms with Crippen molar-refractivity contribution in [3.8, 4) is 5.75 Å². The fourth-order valence-electron chi connectivity index (χ4n) is 2.01. The Morgan fingerprint density at radius 1 is 1.24 bits per heavy atom. The molecule has 0 bridgehead atoms. The number of hydrogen-bond acceptors (Lipinski definition) is 3. The number of aromatic nitrogens is 2. The molecule has 1 unspecified atom stereocenters. The van der Waals surface area contributed by atoms with Crippen molar-refractivity contribution in [3.05, 3.63) is 46.7 Å². The Bertz CT molecular complexity index is 600. The molecule has 0 aliphatic heterocycles. The fourth-order valence-corrected chi connectivity index (χ4v) is 2.24. The molecule has 0 amide bonds. The van der Waals surface area contributed by atoms with E-state index in [1.807, 2.05) is 13.8 Å². The number of alkyl halides is 2. The first-order valence-electron chi connectivity index (χ1n) is 6.36. The third kappa shape index (κ3) is 3.51. The number of hydrogen-bond donors (Lipinski definition) is 1. The van der Waals surface area contributed by atoms with Gasteiger partial charge in [0.2, 0.25) is 0 Å². The molecule has 1 aromatic carbocycles. The van der Waals surface area contributed by atoms with Gasteiger partial charge in [-0.25, -0.2) is 0 Å². The molecule has 0 spiro atoms. The zero-order valence-electron chi connectivity index (χ0n) is 11.5. The molecule has 1 heterocycles. The average molecular weight is 317 g/mol. The highest BCUT2D eigenvalue weighted by Gasteiger charge is 2.21. The van der Waals surface area contributed by atoms with Crippen molar-refractivity contribution >= 4 is 11.6 Å². The lowest BCUT2D eigenvalue weighted by Crippen LogP contribution is -2.12. The van der Waals surface area contributed by atoms with Crippen molar-refractivity contribution in [1.29, 1.82) is 0 Å². The minimum atomic E-state index is -2.88. The summed E-state index contributed by atoms with van der Waals surface area (Å²) in [6.45, 7) is 0.954. The van der Waals surface area contributed by atoms with E-state index in [2.05, 4.69) is 9.84 Å². The Morgan fingerprint density at radius 2 is 1.86 bits per heavy atom. The first-order chi connectivity index (χ1) is 9.90. The van der Waals surface area contributed by atoms with E-state index in [0.717, 1.165) is 0 Å². The summed E-state index contributed by atoms with van der Waals surface area (Å²) in [6, 6.07) is 5.79. The maximum Gasteiger partial charge on any atom is 0.387 e. The predicted molar refractivity (Wildman–Crippen MR) is 74.8 cm³/mol. The molecule has 0 aliphatic rings. The van der Waals surface area contributed by atoms with Gasteiger partial charge in [-0.3, -0.25) is 4.68 Å². The highest BCUT2D eigenvalue weighted by molar-refractivity contribution is 6.31. The molecule has 1 aromatic heterocycles. The van der Waals surface area contributed by atoms with Crippen LogP contribution in [0.25, 0.3) is 0 Å². The number of halogens is 3. The number of ether oxygens (including phenoxy) is 1. The molecule has 1 N–H and O–H groups in total. The highest BCUT2D eigenvalue weighted by atomic mass is 35.5. The molecule has 7 heteroatoms. The summed E-state index contributed by atoms with van der Waals surface area (Å²) in [5.74, 6) is 0.0319. The van der Waals surface area contributed by atoms with E-state index in [1.165, 1.54) is 30.5 Å². The van der Waals surface area contributed by atoms with Crippen molar-refractivity contribution in [2.75, 3.05) is 0 Å². The van der Waals surface area contributed by atoms with Gasteiger partial charge in [0.25, 0.3) is 0 Å². The number of benzene rings is 1. The van der Waals surface area contributed by atoms with Crippen LogP contribution in [0.1, 0.15) is 37.3 Å². The zero-order chi connectivity index (χ0) is 15.6. The summed E-state index contributed by atoms with van der Waals surface area (Å²) >= 11 is 6.07. The predicted octanol–water partition coefficient (Wildman–Crippen LogP) is 3.80. The first kappa shape index (κ1) is 15.7. The van der Waals surface area contributed by atoms with Crippen LogP contribution in [0, 0.1) is 0 Å². The van der Waals surface area contributed by atoms with Gasteiger partial charge in [-0.15, -0.1) is 0 Å². The molecule has 0 saturated heterocycles. The lowest BCUT2D eigenvalue weighted by Gasteiger charge is -2.17. The van der Waals surface area contributed by atoms with Crippen LogP contribution in [0.2, 0.25) is 5.02 Å². The number of rotatable bonds is 5. The second kappa shape index (κ2) is 6.41. The van der Waals surface area contributed by atoms with Gasteiger partial charge >= 0.3 is 6.61 Å². The Kier molecular flexibility index (Phi) is 4.80. The topological polar surface area (TPSA) is 47.3 Å². The standard InChI is InChI=1S/C14H15ClF2N2O2/c1-8(2)19-12(11(15)7-18-19)13(20)9-3-5-10(6-4-9)21-14(16)17/h3-8,13-14,20H,1-2H3. The molecular formula is C14H15ClF2N2O2.